The van der Waals surface area contributed by atoms with Crippen LogP contribution in [0, 0.1) is 0 Å². The maximum absolute atomic E-state index is 11.3. The molecular weight excluding hydrogens is 374 g/mol. The van der Waals surface area contributed by atoms with Crippen LogP contribution in [0.5, 0.6) is 0 Å². The van der Waals surface area contributed by atoms with Gasteiger partial charge in [-0.05, 0) is 29.9 Å². The number of ether oxygens (including phenoxy) is 1. The number of hydrogen-bond donors (Lipinski definition) is 6. The number of benzene rings is 1. The fraction of sp³-hybridized carbons (Fsp3) is 0.438. The number of rotatable bonds is 5. The molecule has 0 spiro atoms. The van der Waals surface area contributed by atoms with Crippen molar-refractivity contribution in [3.8, 4) is 0 Å². The SMILES string of the molecule is CN(C)c1ccc(/C=N/NC(=S)N[C@@H]2O[C@H](C(N)=O)[C@@H](O)[C@H](O)[C@H]2O)cc1. The highest BCUT2D eigenvalue weighted by Gasteiger charge is 2.46. The van der Waals surface area contributed by atoms with Crippen LogP contribution in [0.2, 0.25) is 0 Å². The number of amides is 1. The predicted molar refractivity (Wildman–Crippen MR) is 103 cm³/mol. The van der Waals surface area contributed by atoms with Crippen molar-refractivity contribution < 1.29 is 24.9 Å². The Hall–Kier alpha value is -2.31. The minimum absolute atomic E-state index is 0.0213. The predicted octanol–water partition coefficient (Wildman–Crippen LogP) is -2.16. The van der Waals surface area contributed by atoms with Gasteiger partial charge in [0.05, 0.1) is 6.21 Å². The van der Waals surface area contributed by atoms with Gasteiger partial charge in [0.15, 0.2) is 17.4 Å². The van der Waals surface area contributed by atoms with Crippen LogP contribution in [-0.4, -0.2) is 77.3 Å². The van der Waals surface area contributed by atoms with Crippen LogP contribution >= 0.6 is 12.2 Å². The van der Waals surface area contributed by atoms with Crippen molar-refractivity contribution in [3.05, 3.63) is 29.8 Å². The zero-order chi connectivity index (χ0) is 20.1. The van der Waals surface area contributed by atoms with Gasteiger partial charge >= 0.3 is 0 Å². The number of aliphatic hydroxyl groups is 3. The molecule has 1 aromatic carbocycles. The van der Waals surface area contributed by atoms with E-state index in [1.165, 1.54) is 6.21 Å². The molecule has 1 aliphatic rings. The maximum atomic E-state index is 11.3. The summed E-state index contributed by atoms with van der Waals surface area (Å²) in [7, 11) is 3.88. The van der Waals surface area contributed by atoms with Gasteiger partial charge in [0, 0.05) is 19.8 Å². The third kappa shape index (κ3) is 5.34. The van der Waals surface area contributed by atoms with Crippen LogP contribution in [-0.2, 0) is 9.53 Å². The molecule has 1 saturated heterocycles. The number of anilines is 1. The summed E-state index contributed by atoms with van der Waals surface area (Å²) < 4.78 is 5.18. The number of nitrogens with zero attached hydrogens (tertiary/aromatic N) is 2. The van der Waals surface area contributed by atoms with E-state index in [1.807, 2.05) is 43.3 Å². The number of primary amides is 1. The molecule has 11 heteroatoms. The van der Waals surface area contributed by atoms with Gasteiger partial charge in [-0.25, -0.2) is 0 Å². The first kappa shape index (κ1) is 21.0. The van der Waals surface area contributed by atoms with Gasteiger partial charge in [0.2, 0.25) is 5.91 Å². The summed E-state index contributed by atoms with van der Waals surface area (Å²) in [6, 6.07) is 7.61. The molecule has 1 aliphatic heterocycles. The van der Waals surface area contributed by atoms with E-state index in [4.69, 9.17) is 22.7 Å². The lowest BCUT2D eigenvalue weighted by molar-refractivity contribution is -0.222. The van der Waals surface area contributed by atoms with Gasteiger partial charge in [-0.3, -0.25) is 10.2 Å². The fourth-order valence-corrected chi connectivity index (χ4v) is 2.59. The Kier molecular flexibility index (Phi) is 7.05. The third-order valence-electron chi connectivity index (χ3n) is 3.96. The molecule has 5 atom stereocenters. The molecule has 1 amide bonds. The van der Waals surface area contributed by atoms with E-state index >= 15 is 0 Å². The molecule has 0 saturated carbocycles. The Bertz CT molecular complexity index is 699. The molecule has 0 aromatic heterocycles. The van der Waals surface area contributed by atoms with E-state index in [-0.39, 0.29) is 5.11 Å². The van der Waals surface area contributed by atoms with Gasteiger partial charge in [0.25, 0.3) is 0 Å². The second kappa shape index (κ2) is 9.06. The number of carbonyl (C=O) groups excluding carboxylic acids is 1. The monoisotopic (exact) mass is 397 g/mol. The number of nitrogens with two attached hydrogens (primary N) is 1. The van der Waals surface area contributed by atoms with E-state index in [9.17, 15) is 20.1 Å². The lowest BCUT2D eigenvalue weighted by Gasteiger charge is -2.39. The lowest BCUT2D eigenvalue weighted by atomic mass is 9.98. The molecular formula is C16H23N5O5S. The van der Waals surface area contributed by atoms with Crippen LogP contribution < -0.4 is 21.4 Å². The number of nitrogens with one attached hydrogen (secondary N) is 2. The van der Waals surface area contributed by atoms with E-state index < -0.39 is 36.6 Å². The van der Waals surface area contributed by atoms with E-state index in [2.05, 4.69) is 15.8 Å². The minimum Gasteiger partial charge on any atom is -0.387 e. The van der Waals surface area contributed by atoms with E-state index in [0.29, 0.717) is 0 Å². The second-order valence-corrected chi connectivity index (χ2v) is 6.59. The molecule has 1 fully saturated rings. The summed E-state index contributed by atoms with van der Waals surface area (Å²) in [4.78, 5) is 13.3. The van der Waals surface area contributed by atoms with Crippen LogP contribution in [0.15, 0.2) is 29.4 Å². The van der Waals surface area contributed by atoms with Crippen molar-refractivity contribution in [2.45, 2.75) is 30.6 Å². The molecule has 0 aliphatic carbocycles. The molecule has 2 rings (SSSR count). The van der Waals surface area contributed by atoms with Crippen molar-refractivity contribution in [1.82, 2.24) is 10.7 Å². The first-order chi connectivity index (χ1) is 12.7. The lowest BCUT2D eigenvalue weighted by Crippen LogP contribution is -2.65. The topological polar surface area (TPSA) is 153 Å². The highest BCUT2D eigenvalue weighted by Crippen LogP contribution is 2.19. The summed E-state index contributed by atoms with van der Waals surface area (Å²) in [5.41, 5.74) is 9.52. The first-order valence-electron chi connectivity index (χ1n) is 8.06. The average molecular weight is 397 g/mol. The normalized spacial score (nSPS) is 28.0. The summed E-state index contributed by atoms with van der Waals surface area (Å²) in [6.07, 6.45) is -6.00. The van der Waals surface area contributed by atoms with Gasteiger partial charge < -0.3 is 36.0 Å². The zero-order valence-corrected chi connectivity index (χ0v) is 15.6. The number of hydrazone groups is 1. The van der Waals surface area contributed by atoms with Crippen molar-refractivity contribution >= 4 is 35.1 Å². The Morgan fingerprint density at radius 1 is 1.22 bits per heavy atom. The molecule has 27 heavy (non-hydrogen) atoms. The Balaban J connectivity index is 1.91. The molecule has 0 radical (unpaired) electrons. The number of carbonyl (C=O) groups is 1. The molecule has 1 heterocycles. The molecule has 7 N–H and O–H groups in total. The smallest absolute Gasteiger partial charge is 0.249 e. The summed E-state index contributed by atoms with van der Waals surface area (Å²) in [6.45, 7) is 0. The van der Waals surface area contributed by atoms with Crippen LogP contribution in [0.1, 0.15) is 5.56 Å². The Labute approximate surface area is 161 Å². The molecule has 0 unspecified atom stereocenters. The fourth-order valence-electron chi connectivity index (χ4n) is 2.42. The Morgan fingerprint density at radius 2 is 1.85 bits per heavy atom. The number of thiocarbonyl (C=S) groups is 1. The van der Waals surface area contributed by atoms with Crippen molar-refractivity contribution in [2.75, 3.05) is 19.0 Å². The van der Waals surface area contributed by atoms with Crippen LogP contribution in [0.3, 0.4) is 0 Å². The quantitative estimate of drug-likeness (QED) is 0.185. The van der Waals surface area contributed by atoms with Crippen LogP contribution in [0.25, 0.3) is 0 Å². The van der Waals surface area contributed by atoms with Crippen LogP contribution in [0.4, 0.5) is 5.69 Å². The maximum Gasteiger partial charge on any atom is 0.249 e. The number of hydrogen-bond acceptors (Lipinski definition) is 8. The van der Waals surface area contributed by atoms with Gasteiger partial charge in [0.1, 0.15) is 18.3 Å². The van der Waals surface area contributed by atoms with Crippen molar-refractivity contribution in [2.24, 2.45) is 10.8 Å². The Morgan fingerprint density at radius 3 is 2.41 bits per heavy atom. The zero-order valence-electron chi connectivity index (χ0n) is 14.8. The van der Waals surface area contributed by atoms with Gasteiger partial charge in [-0.15, -0.1) is 0 Å². The first-order valence-corrected chi connectivity index (χ1v) is 8.47. The summed E-state index contributed by atoms with van der Waals surface area (Å²) in [5, 5.41) is 36.0. The van der Waals surface area contributed by atoms with Gasteiger partial charge in [-0.2, -0.15) is 5.10 Å². The molecule has 10 nitrogen and oxygen atoms in total. The standard InChI is InChI=1S/C16H23N5O5S/c1-21(2)9-5-3-8(4-6-9)7-18-20-16(27)19-15-12(24)10(22)11(23)13(26-15)14(17)25/h3-7,10-13,15,22-24H,1-2H3,(H2,17,25)(H2,19,20,27)/b18-7+/t10-,11-,12+,13-,15+/m0/s1. The molecule has 0 bridgehead atoms. The largest absolute Gasteiger partial charge is 0.387 e. The third-order valence-corrected chi connectivity index (χ3v) is 4.17. The van der Waals surface area contributed by atoms with E-state index in [1.54, 1.807) is 0 Å². The summed E-state index contributed by atoms with van der Waals surface area (Å²) in [5.74, 6) is -0.974. The van der Waals surface area contributed by atoms with Crippen molar-refractivity contribution in [1.29, 1.82) is 0 Å². The second-order valence-electron chi connectivity index (χ2n) is 6.18. The molecule has 148 valence electrons. The minimum atomic E-state index is -1.64. The summed E-state index contributed by atoms with van der Waals surface area (Å²) >= 11 is 5.04. The molecule has 1 aromatic rings. The highest BCUT2D eigenvalue weighted by molar-refractivity contribution is 7.80. The average Bonchev–Trinajstić information content (AvgIpc) is 2.62. The highest BCUT2D eigenvalue weighted by atomic mass is 32.1. The van der Waals surface area contributed by atoms with Gasteiger partial charge in [-0.1, -0.05) is 12.1 Å². The van der Waals surface area contributed by atoms with Crippen molar-refractivity contribution in [3.63, 3.8) is 0 Å². The van der Waals surface area contributed by atoms with E-state index in [0.717, 1.165) is 11.3 Å². The number of aliphatic hydroxyl groups excluding tert-OH is 3.